The lowest BCUT2D eigenvalue weighted by Crippen LogP contribution is -2.36. The maximum atomic E-state index is 10.0. The zero-order valence-corrected chi connectivity index (χ0v) is 15.2. The van der Waals surface area contributed by atoms with E-state index >= 15 is 0 Å². The second-order valence-corrected chi connectivity index (χ2v) is 6.30. The maximum Gasteiger partial charge on any atom is 0.103 e. The molecule has 0 aromatic heterocycles. The van der Waals surface area contributed by atoms with E-state index in [4.69, 9.17) is 9.47 Å². The normalized spacial score (nSPS) is 15.2. The van der Waals surface area contributed by atoms with Gasteiger partial charge in [0.1, 0.15) is 6.10 Å². The third-order valence-electron chi connectivity index (χ3n) is 4.20. The van der Waals surface area contributed by atoms with Crippen LogP contribution in [0, 0.1) is 0 Å². The number of rotatable bonds is 14. The Hall–Kier alpha value is -0.940. The Bertz CT molecular complexity index is 396. The molecule has 0 amide bonds. The molecule has 3 atom stereocenters. The second kappa shape index (κ2) is 13.4. The van der Waals surface area contributed by atoms with E-state index in [2.05, 4.69) is 13.8 Å². The predicted octanol–water partition coefficient (Wildman–Crippen LogP) is 3.69. The summed E-state index contributed by atoms with van der Waals surface area (Å²) in [6, 6.07) is 10.1. The summed E-state index contributed by atoms with van der Waals surface area (Å²) in [6.07, 6.45) is 4.90. The molecule has 0 aliphatic heterocycles. The molecule has 0 saturated carbocycles. The molecule has 0 saturated heterocycles. The van der Waals surface area contributed by atoms with Gasteiger partial charge >= 0.3 is 0 Å². The third-order valence-corrected chi connectivity index (χ3v) is 4.20. The molecule has 0 aliphatic rings. The summed E-state index contributed by atoms with van der Waals surface area (Å²) in [6.45, 7) is 5.02. The first kappa shape index (κ1) is 21.1. The average molecular weight is 338 g/mol. The summed E-state index contributed by atoms with van der Waals surface area (Å²) in [5, 5.41) is 19.3. The van der Waals surface area contributed by atoms with E-state index in [0.717, 1.165) is 31.2 Å². The molecule has 1 rings (SSSR count). The topological polar surface area (TPSA) is 58.9 Å². The number of hydrogen-bond acceptors (Lipinski definition) is 4. The SMILES string of the molecule is CCCCCC[C@H](OC(CC)COCc1ccccc1)[C@H](O)CO. The van der Waals surface area contributed by atoms with Crippen LogP contribution in [0.25, 0.3) is 0 Å². The maximum absolute atomic E-state index is 10.0. The van der Waals surface area contributed by atoms with Crippen LogP contribution < -0.4 is 0 Å². The first-order valence-electron chi connectivity index (χ1n) is 9.27. The molecule has 0 fully saturated rings. The molecule has 24 heavy (non-hydrogen) atoms. The van der Waals surface area contributed by atoms with E-state index in [1.807, 2.05) is 30.3 Å². The van der Waals surface area contributed by atoms with Gasteiger partial charge < -0.3 is 19.7 Å². The van der Waals surface area contributed by atoms with Gasteiger partial charge in [0.25, 0.3) is 0 Å². The molecule has 0 heterocycles. The fourth-order valence-corrected chi connectivity index (χ4v) is 2.62. The quantitative estimate of drug-likeness (QED) is 0.508. The summed E-state index contributed by atoms with van der Waals surface area (Å²) in [5.74, 6) is 0. The highest BCUT2D eigenvalue weighted by atomic mass is 16.5. The first-order chi connectivity index (χ1) is 11.7. The van der Waals surface area contributed by atoms with Crippen molar-refractivity contribution in [1.82, 2.24) is 0 Å². The molecule has 2 N–H and O–H groups in total. The molecule has 0 bridgehead atoms. The van der Waals surface area contributed by atoms with Crippen LogP contribution in [0.5, 0.6) is 0 Å². The summed E-state index contributed by atoms with van der Waals surface area (Å²) in [4.78, 5) is 0. The van der Waals surface area contributed by atoms with E-state index in [1.165, 1.54) is 12.8 Å². The molecule has 4 nitrogen and oxygen atoms in total. The van der Waals surface area contributed by atoms with Gasteiger partial charge in [-0.25, -0.2) is 0 Å². The summed E-state index contributed by atoms with van der Waals surface area (Å²) >= 11 is 0. The molecule has 1 aromatic carbocycles. The smallest absolute Gasteiger partial charge is 0.103 e. The Morgan fingerprint density at radius 3 is 2.42 bits per heavy atom. The van der Waals surface area contributed by atoms with Crippen LogP contribution in [0.4, 0.5) is 0 Å². The van der Waals surface area contributed by atoms with Crippen LogP contribution in [0.15, 0.2) is 30.3 Å². The minimum atomic E-state index is -0.824. The molecule has 138 valence electrons. The number of hydrogen-bond donors (Lipinski definition) is 2. The largest absolute Gasteiger partial charge is 0.394 e. The van der Waals surface area contributed by atoms with Gasteiger partial charge in [-0.05, 0) is 18.4 Å². The van der Waals surface area contributed by atoms with E-state index < -0.39 is 6.10 Å². The summed E-state index contributed by atoms with van der Waals surface area (Å²) in [5.41, 5.74) is 1.14. The van der Waals surface area contributed by atoms with Gasteiger partial charge in [0.05, 0.1) is 32.0 Å². The molecule has 1 aromatic rings. The van der Waals surface area contributed by atoms with Crippen molar-refractivity contribution >= 4 is 0 Å². The molecule has 1 unspecified atom stereocenters. The zero-order chi connectivity index (χ0) is 17.6. The first-order valence-corrected chi connectivity index (χ1v) is 9.27. The van der Waals surface area contributed by atoms with Crippen LogP contribution >= 0.6 is 0 Å². The van der Waals surface area contributed by atoms with Crippen LogP contribution in [0.2, 0.25) is 0 Å². The highest BCUT2D eigenvalue weighted by Gasteiger charge is 2.22. The van der Waals surface area contributed by atoms with Gasteiger partial charge in [0, 0.05) is 0 Å². The number of ether oxygens (including phenoxy) is 2. The highest BCUT2D eigenvalue weighted by molar-refractivity contribution is 5.13. The van der Waals surface area contributed by atoms with Gasteiger partial charge in [-0.3, -0.25) is 0 Å². The van der Waals surface area contributed by atoms with Gasteiger partial charge in [0.15, 0.2) is 0 Å². The Labute approximate surface area is 146 Å². The van der Waals surface area contributed by atoms with E-state index in [-0.39, 0.29) is 18.8 Å². The minimum Gasteiger partial charge on any atom is -0.394 e. The highest BCUT2D eigenvalue weighted by Crippen LogP contribution is 2.16. The average Bonchev–Trinajstić information content (AvgIpc) is 2.63. The van der Waals surface area contributed by atoms with Crippen molar-refractivity contribution in [2.24, 2.45) is 0 Å². The van der Waals surface area contributed by atoms with Gasteiger partial charge in [-0.1, -0.05) is 69.9 Å². The Balaban J connectivity index is 2.39. The Morgan fingerprint density at radius 1 is 1.04 bits per heavy atom. The van der Waals surface area contributed by atoms with Crippen LogP contribution in [-0.2, 0) is 16.1 Å². The van der Waals surface area contributed by atoms with E-state index in [1.54, 1.807) is 0 Å². The monoisotopic (exact) mass is 338 g/mol. The number of benzene rings is 1. The molecular weight excluding hydrogens is 304 g/mol. The fourth-order valence-electron chi connectivity index (χ4n) is 2.62. The van der Waals surface area contributed by atoms with E-state index in [0.29, 0.717) is 13.2 Å². The van der Waals surface area contributed by atoms with Crippen molar-refractivity contribution in [1.29, 1.82) is 0 Å². The van der Waals surface area contributed by atoms with Crippen LogP contribution in [-0.4, -0.2) is 41.7 Å². The van der Waals surface area contributed by atoms with Gasteiger partial charge in [-0.2, -0.15) is 0 Å². The summed E-state index contributed by atoms with van der Waals surface area (Å²) in [7, 11) is 0. The Kier molecular flexibility index (Phi) is 11.7. The standard InChI is InChI=1S/C20H34O4/c1-3-5-6-10-13-20(19(22)14-21)24-18(4-2)16-23-15-17-11-8-7-9-12-17/h7-9,11-12,18-22H,3-6,10,13-16H2,1-2H3/t18?,19-,20+/m1/s1. The molecule has 0 spiro atoms. The van der Waals surface area contributed by atoms with Crippen molar-refractivity contribution in [2.75, 3.05) is 13.2 Å². The van der Waals surface area contributed by atoms with Crippen molar-refractivity contribution in [3.8, 4) is 0 Å². The lowest BCUT2D eigenvalue weighted by atomic mass is 10.0. The van der Waals surface area contributed by atoms with Crippen molar-refractivity contribution in [2.45, 2.75) is 77.3 Å². The molecular formula is C20H34O4. The van der Waals surface area contributed by atoms with Crippen molar-refractivity contribution < 1.29 is 19.7 Å². The third kappa shape index (κ3) is 8.78. The predicted molar refractivity (Wildman–Crippen MR) is 96.9 cm³/mol. The van der Waals surface area contributed by atoms with Gasteiger partial charge in [-0.15, -0.1) is 0 Å². The number of unbranched alkanes of at least 4 members (excludes halogenated alkanes) is 3. The second-order valence-electron chi connectivity index (χ2n) is 6.30. The summed E-state index contributed by atoms with van der Waals surface area (Å²) < 4.78 is 11.8. The van der Waals surface area contributed by atoms with Crippen LogP contribution in [0.3, 0.4) is 0 Å². The minimum absolute atomic E-state index is 0.0638. The molecule has 0 aliphatic carbocycles. The van der Waals surface area contributed by atoms with Crippen molar-refractivity contribution in [3.63, 3.8) is 0 Å². The lowest BCUT2D eigenvalue weighted by Gasteiger charge is -2.27. The fraction of sp³-hybridized carbons (Fsp3) is 0.700. The lowest BCUT2D eigenvalue weighted by molar-refractivity contribution is -0.117. The number of aliphatic hydroxyl groups excluding tert-OH is 2. The van der Waals surface area contributed by atoms with Gasteiger partial charge in [0.2, 0.25) is 0 Å². The zero-order valence-electron chi connectivity index (χ0n) is 15.2. The van der Waals surface area contributed by atoms with Crippen molar-refractivity contribution in [3.05, 3.63) is 35.9 Å². The van der Waals surface area contributed by atoms with E-state index in [9.17, 15) is 10.2 Å². The molecule has 0 radical (unpaired) electrons. The van der Waals surface area contributed by atoms with Crippen LogP contribution in [0.1, 0.15) is 57.9 Å². The number of aliphatic hydroxyl groups is 2. The molecule has 4 heteroatoms. The Morgan fingerprint density at radius 2 is 1.79 bits per heavy atom.